The maximum atomic E-state index is 5.04. The van der Waals surface area contributed by atoms with Gasteiger partial charge in [0.05, 0.1) is 5.71 Å². The van der Waals surface area contributed by atoms with Gasteiger partial charge in [-0.05, 0) is 69.0 Å². The second kappa shape index (κ2) is 9.74. The first kappa shape index (κ1) is 22.2. The highest BCUT2D eigenvalue weighted by Gasteiger charge is 2.24. The van der Waals surface area contributed by atoms with Gasteiger partial charge in [0.15, 0.2) is 11.6 Å². The summed E-state index contributed by atoms with van der Waals surface area (Å²) in [6, 6.07) is 15.6. The van der Waals surface area contributed by atoms with E-state index in [4.69, 9.17) is 15.1 Å². The Morgan fingerprint density at radius 3 is 2.77 bits per heavy atom. The Labute approximate surface area is 207 Å². The predicted octanol–water partition coefficient (Wildman–Crippen LogP) is 5.00. The van der Waals surface area contributed by atoms with Gasteiger partial charge in [-0.3, -0.25) is 4.90 Å². The molecule has 0 N–H and O–H groups in total. The van der Waals surface area contributed by atoms with Crippen LogP contribution >= 0.6 is 0 Å². The number of fused-ring (bicyclic) bond motifs is 1. The van der Waals surface area contributed by atoms with Crippen LogP contribution in [0.3, 0.4) is 0 Å². The molecule has 3 aromatic rings. The van der Waals surface area contributed by atoms with E-state index in [1.165, 1.54) is 49.9 Å². The van der Waals surface area contributed by atoms with Crippen molar-refractivity contribution in [2.24, 2.45) is 10.1 Å². The highest BCUT2D eigenvalue weighted by molar-refractivity contribution is 6.02. The van der Waals surface area contributed by atoms with Gasteiger partial charge >= 0.3 is 0 Å². The topological polar surface area (TPSA) is 61.9 Å². The maximum Gasteiger partial charge on any atom is 0.175 e. The lowest BCUT2D eigenvalue weighted by Crippen LogP contribution is -2.26. The third-order valence-corrected chi connectivity index (χ3v) is 7.46. The maximum absolute atomic E-state index is 5.04. The molecule has 7 nitrogen and oxygen atoms in total. The van der Waals surface area contributed by atoms with Crippen molar-refractivity contribution in [1.82, 2.24) is 19.5 Å². The van der Waals surface area contributed by atoms with Crippen molar-refractivity contribution >= 4 is 23.6 Å². The van der Waals surface area contributed by atoms with Crippen LogP contribution in [0.2, 0.25) is 0 Å². The van der Waals surface area contributed by atoms with Gasteiger partial charge in [-0.1, -0.05) is 30.3 Å². The van der Waals surface area contributed by atoms with Gasteiger partial charge < -0.3 is 4.90 Å². The molecule has 1 aromatic carbocycles. The Kier molecular flexibility index (Phi) is 6.17. The van der Waals surface area contributed by atoms with Gasteiger partial charge in [-0.25, -0.2) is 19.6 Å². The molecule has 35 heavy (non-hydrogen) atoms. The summed E-state index contributed by atoms with van der Waals surface area (Å²) in [6.45, 7) is 6.76. The first-order valence-corrected chi connectivity index (χ1v) is 12.9. The molecule has 0 spiro atoms. The van der Waals surface area contributed by atoms with Gasteiger partial charge in [0, 0.05) is 50.1 Å². The number of hydrogen-bond acceptors (Lipinski definition) is 6. The SMILES string of the molecule is CC1CCCN1c1cccc(N=C2CC(c3cccc(CN4CCCC4)c3)C=Nn3ccnc32)n1. The van der Waals surface area contributed by atoms with Gasteiger partial charge in [0.25, 0.3) is 0 Å². The molecule has 5 heterocycles. The molecule has 2 aromatic heterocycles. The monoisotopic (exact) mass is 467 g/mol. The number of hydrogen-bond donors (Lipinski definition) is 0. The fourth-order valence-corrected chi connectivity index (χ4v) is 5.57. The zero-order chi connectivity index (χ0) is 23.6. The molecule has 3 aliphatic heterocycles. The Bertz CT molecular complexity index is 1240. The Morgan fingerprint density at radius 2 is 1.91 bits per heavy atom. The van der Waals surface area contributed by atoms with Gasteiger partial charge in [0.2, 0.25) is 0 Å². The standard InChI is InChI=1S/C28H33N7/c1-21-7-6-15-34(21)27-11-5-10-26(32-27)31-25-18-24(19-30-35-16-12-29-28(25)35)23-9-4-8-22(17-23)20-33-13-2-3-14-33/h4-5,8-12,16-17,19,21,24H,2-3,6-7,13-15,18,20H2,1H3. The van der Waals surface area contributed by atoms with E-state index >= 15 is 0 Å². The van der Waals surface area contributed by atoms with Crippen LogP contribution in [0.15, 0.2) is 65.0 Å². The lowest BCUT2D eigenvalue weighted by atomic mass is 9.93. The molecule has 2 saturated heterocycles. The van der Waals surface area contributed by atoms with Crippen LogP contribution in [0.1, 0.15) is 61.9 Å². The minimum absolute atomic E-state index is 0.135. The summed E-state index contributed by atoms with van der Waals surface area (Å²) in [5.41, 5.74) is 3.56. The van der Waals surface area contributed by atoms with Crippen molar-refractivity contribution in [2.45, 2.75) is 57.5 Å². The summed E-state index contributed by atoms with van der Waals surface area (Å²) >= 11 is 0. The number of pyridine rings is 1. The van der Waals surface area contributed by atoms with E-state index in [9.17, 15) is 0 Å². The summed E-state index contributed by atoms with van der Waals surface area (Å²) in [5.74, 6) is 2.67. The molecule has 2 atom stereocenters. The number of likely N-dealkylation sites (tertiary alicyclic amines) is 1. The van der Waals surface area contributed by atoms with Gasteiger partial charge in [-0.15, -0.1) is 0 Å². The minimum Gasteiger partial charge on any atom is -0.354 e. The van der Waals surface area contributed by atoms with E-state index in [0.29, 0.717) is 6.04 Å². The summed E-state index contributed by atoms with van der Waals surface area (Å²) in [5, 5.41) is 4.73. The second-order valence-electron chi connectivity index (χ2n) is 10.00. The van der Waals surface area contributed by atoms with Crippen molar-refractivity contribution in [3.63, 3.8) is 0 Å². The number of nitrogens with zero attached hydrogens (tertiary/aromatic N) is 7. The third-order valence-electron chi connectivity index (χ3n) is 7.46. The van der Waals surface area contributed by atoms with Crippen molar-refractivity contribution in [1.29, 1.82) is 0 Å². The van der Waals surface area contributed by atoms with Crippen LogP contribution in [-0.4, -0.2) is 57.1 Å². The fourth-order valence-electron chi connectivity index (χ4n) is 5.57. The molecular formula is C28H33N7. The average Bonchev–Trinajstić information content (AvgIpc) is 3.63. The fraction of sp³-hybridized carbons (Fsp3) is 0.429. The van der Waals surface area contributed by atoms with Crippen LogP contribution in [0, 0.1) is 0 Å². The molecule has 0 aliphatic carbocycles. The van der Waals surface area contributed by atoms with Crippen LogP contribution < -0.4 is 4.90 Å². The quantitative estimate of drug-likeness (QED) is 0.530. The summed E-state index contributed by atoms with van der Waals surface area (Å²) < 4.78 is 1.83. The molecule has 0 bridgehead atoms. The highest BCUT2D eigenvalue weighted by atomic mass is 15.4. The zero-order valence-electron chi connectivity index (χ0n) is 20.4. The smallest absolute Gasteiger partial charge is 0.175 e. The van der Waals surface area contributed by atoms with Crippen LogP contribution in [0.4, 0.5) is 11.6 Å². The lowest BCUT2D eigenvalue weighted by molar-refractivity contribution is 0.331. The molecule has 0 saturated carbocycles. The van der Waals surface area contributed by atoms with E-state index in [1.54, 1.807) is 6.20 Å². The van der Waals surface area contributed by atoms with Gasteiger partial charge in [-0.2, -0.15) is 5.10 Å². The molecule has 3 aliphatic rings. The van der Waals surface area contributed by atoms with Crippen LogP contribution in [-0.2, 0) is 6.54 Å². The van der Waals surface area contributed by atoms with E-state index in [0.717, 1.165) is 42.7 Å². The number of aromatic nitrogens is 3. The lowest BCUT2D eigenvalue weighted by Gasteiger charge is -2.22. The second-order valence-corrected chi connectivity index (χ2v) is 10.00. The van der Waals surface area contributed by atoms with Crippen molar-refractivity contribution in [3.05, 3.63) is 71.8 Å². The van der Waals surface area contributed by atoms with Crippen molar-refractivity contribution in [3.8, 4) is 0 Å². The van der Waals surface area contributed by atoms with Gasteiger partial charge in [0.1, 0.15) is 5.82 Å². The molecule has 0 radical (unpaired) electrons. The van der Waals surface area contributed by atoms with Crippen LogP contribution in [0.25, 0.3) is 0 Å². The largest absolute Gasteiger partial charge is 0.354 e. The third kappa shape index (κ3) is 4.78. The molecule has 180 valence electrons. The molecule has 6 rings (SSSR count). The Morgan fingerprint density at radius 1 is 1.03 bits per heavy atom. The molecule has 7 heteroatoms. The molecule has 2 fully saturated rings. The number of aliphatic imine (C=N–C) groups is 1. The Balaban J connectivity index is 1.30. The number of imidazole rings is 1. The van der Waals surface area contributed by atoms with E-state index in [-0.39, 0.29) is 5.92 Å². The zero-order valence-corrected chi connectivity index (χ0v) is 20.4. The first-order chi connectivity index (χ1) is 17.2. The summed E-state index contributed by atoms with van der Waals surface area (Å²) in [7, 11) is 0. The van der Waals surface area contributed by atoms with Crippen molar-refractivity contribution < 1.29 is 0 Å². The first-order valence-electron chi connectivity index (χ1n) is 12.9. The molecule has 0 amide bonds. The van der Waals surface area contributed by atoms with Crippen LogP contribution in [0.5, 0.6) is 0 Å². The van der Waals surface area contributed by atoms with E-state index in [1.807, 2.05) is 23.2 Å². The van der Waals surface area contributed by atoms with Crippen molar-refractivity contribution in [2.75, 3.05) is 24.5 Å². The highest BCUT2D eigenvalue weighted by Crippen LogP contribution is 2.28. The molecule has 2 unspecified atom stereocenters. The predicted molar refractivity (Wildman–Crippen MR) is 141 cm³/mol. The number of rotatable bonds is 5. The minimum atomic E-state index is 0.135. The number of anilines is 1. The summed E-state index contributed by atoms with van der Waals surface area (Å²) in [4.78, 5) is 19.5. The number of benzene rings is 1. The molecular weight excluding hydrogens is 434 g/mol. The summed E-state index contributed by atoms with van der Waals surface area (Å²) in [6.07, 6.45) is 11.5. The average molecular weight is 468 g/mol. The normalized spacial score (nSPS) is 23.7. The van der Waals surface area contributed by atoms with E-state index < -0.39 is 0 Å². The van der Waals surface area contributed by atoms with E-state index in [2.05, 4.69) is 58.1 Å². The Hall–Kier alpha value is -3.32.